The summed E-state index contributed by atoms with van der Waals surface area (Å²) in [6, 6.07) is 1.52. The van der Waals surface area contributed by atoms with Crippen LogP contribution < -0.4 is 5.84 Å². The van der Waals surface area contributed by atoms with Crippen molar-refractivity contribution in [3.05, 3.63) is 23.5 Å². The Bertz CT molecular complexity index is 265. The number of nitrogens with zero attached hydrogens (tertiary/aromatic N) is 1. The van der Waals surface area contributed by atoms with Crippen LogP contribution in [-0.2, 0) is 0 Å². The summed E-state index contributed by atoms with van der Waals surface area (Å²) in [4.78, 5) is 10.3. The minimum Gasteiger partial charge on any atom is -0.477 e. The van der Waals surface area contributed by atoms with E-state index >= 15 is 0 Å². The van der Waals surface area contributed by atoms with E-state index in [9.17, 15) is 4.79 Å². The fraction of sp³-hybridized carbons (Fsp3) is 0.167. The third-order valence-electron chi connectivity index (χ3n) is 1.20. The molecule has 0 aliphatic rings. The van der Waals surface area contributed by atoms with Crippen molar-refractivity contribution < 1.29 is 9.90 Å². The van der Waals surface area contributed by atoms with Crippen molar-refractivity contribution in [2.75, 3.05) is 5.84 Å². The zero-order valence-electron chi connectivity index (χ0n) is 5.53. The molecule has 1 heterocycles. The van der Waals surface area contributed by atoms with Crippen LogP contribution in [0.4, 0.5) is 0 Å². The number of nitrogen functional groups attached to an aromatic ring is 1. The molecular weight excluding hydrogens is 132 g/mol. The largest absolute Gasteiger partial charge is 0.477 e. The van der Waals surface area contributed by atoms with Crippen LogP contribution in [0.1, 0.15) is 16.1 Å². The van der Waals surface area contributed by atoms with Gasteiger partial charge in [0.2, 0.25) is 0 Å². The Kier molecular flexibility index (Phi) is 1.37. The summed E-state index contributed by atoms with van der Waals surface area (Å²) in [6.07, 6.45) is 1.56. The van der Waals surface area contributed by atoms with E-state index in [1.54, 1.807) is 13.1 Å². The van der Waals surface area contributed by atoms with E-state index in [0.29, 0.717) is 0 Å². The van der Waals surface area contributed by atoms with Gasteiger partial charge in [-0.2, -0.15) is 0 Å². The van der Waals surface area contributed by atoms with Crippen molar-refractivity contribution in [3.63, 3.8) is 0 Å². The summed E-state index contributed by atoms with van der Waals surface area (Å²) in [7, 11) is 0. The normalized spacial score (nSPS) is 9.70. The van der Waals surface area contributed by atoms with Crippen LogP contribution in [0.3, 0.4) is 0 Å². The second-order valence-electron chi connectivity index (χ2n) is 2.12. The second kappa shape index (κ2) is 2.06. The van der Waals surface area contributed by atoms with Gasteiger partial charge in [0.05, 0.1) is 0 Å². The fourth-order valence-electron chi connectivity index (χ4n) is 0.789. The molecule has 54 valence electrons. The van der Waals surface area contributed by atoms with E-state index in [-0.39, 0.29) is 5.69 Å². The van der Waals surface area contributed by atoms with Crippen molar-refractivity contribution in [3.8, 4) is 0 Å². The van der Waals surface area contributed by atoms with Crippen LogP contribution >= 0.6 is 0 Å². The molecule has 0 spiro atoms. The number of rotatable bonds is 1. The first-order valence-electron chi connectivity index (χ1n) is 2.78. The summed E-state index contributed by atoms with van der Waals surface area (Å²) in [5.41, 5.74) is 0.956. The molecule has 0 aliphatic carbocycles. The first-order valence-corrected chi connectivity index (χ1v) is 2.78. The Hall–Kier alpha value is -1.45. The number of hydrogen-bond donors (Lipinski definition) is 2. The maximum Gasteiger partial charge on any atom is 0.354 e. The first-order chi connectivity index (χ1) is 4.61. The molecule has 0 saturated carbocycles. The number of nitrogens with two attached hydrogens (primary N) is 1. The van der Waals surface area contributed by atoms with Gasteiger partial charge in [-0.25, -0.2) is 4.79 Å². The molecule has 0 unspecified atom stereocenters. The van der Waals surface area contributed by atoms with Gasteiger partial charge >= 0.3 is 5.97 Å². The van der Waals surface area contributed by atoms with Crippen molar-refractivity contribution >= 4 is 5.97 Å². The molecule has 0 atom stereocenters. The van der Waals surface area contributed by atoms with Gasteiger partial charge in [-0.3, -0.25) is 4.68 Å². The summed E-state index contributed by atoms with van der Waals surface area (Å²) in [5.74, 6) is 4.27. The fourth-order valence-corrected chi connectivity index (χ4v) is 0.789. The van der Waals surface area contributed by atoms with E-state index in [0.717, 1.165) is 10.2 Å². The SMILES string of the molecule is Cc1cc(C(=O)O)n(N)c1. The maximum atomic E-state index is 10.3. The predicted molar refractivity (Wildman–Crippen MR) is 36.3 cm³/mol. The van der Waals surface area contributed by atoms with E-state index in [4.69, 9.17) is 10.9 Å². The number of carboxylic acids is 1. The predicted octanol–water partition coefficient (Wildman–Crippen LogP) is 0.209. The number of aryl methyl sites for hydroxylation is 1. The molecular formula is C6H8N2O2. The topological polar surface area (TPSA) is 68.2 Å². The molecule has 0 fully saturated rings. The zero-order chi connectivity index (χ0) is 7.72. The van der Waals surface area contributed by atoms with Crippen molar-refractivity contribution in [1.82, 2.24) is 4.68 Å². The van der Waals surface area contributed by atoms with E-state index < -0.39 is 5.97 Å². The van der Waals surface area contributed by atoms with E-state index in [1.807, 2.05) is 0 Å². The zero-order valence-corrected chi connectivity index (χ0v) is 5.53. The van der Waals surface area contributed by atoms with Gasteiger partial charge in [0.15, 0.2) is 0 Å². The maximum absolute atomic E-state index is 10.3. The molecule has 0 bridgehead atoms. The third-order valence-corrected chi connectivity index (χ3v) is 1.20. The molecule has 0 aromatic carbocycles. The molecule has 1 rings (SSSR count). The lowest BCUT2D eigenvalue weighted by Gasteiger charge is -1.93. The Morgan fingerprint density at radius 1 is 1.80 bits per heavy atom. The smallest absolute Gasteiger partial charge is 0.354 e. The monoisotopic (exact) mass is 140 g/mol. The quantitative estimate of drug-likeness (QED) is 0.548. The van der Waals surface area contributed by atoms with Gasteiger partial charge < -0.3 is 10.9 Å². The molecule has 4 nitrogen and oxygen atoms in total. The number of aromatic carboxylic acids is 1. The van der Waals surface area contributed by atoms with Crippen LogP contribution in [-0.4, -0.2) is 15.8 Å². The van der Waals surface area contributed by atoms with Crippen LogP contribution in [0.25, 0.3) is 0 Å². The van der Waals surface area contributed by atoms with Gasteiger partial charge in [0.25, 0.3) is 0 Å². The molecule has 0 saturated heterocycles. The Labute approximate surface area is 57.8 Å². The summed E-state index contributed by atoms with van der Waals surface area (Å²) in [5, 5.41) is 8.48. The van der Waals surface area contributed by atoms with E-state index in [2.05, 4.69) is 0 Å². The lowest BCUT2D eigenvalue weighted by molar-refractivity contribution is 0.0687. The summed E-state index contributed by atoms with van der Waals surface area (Å²) >= 11 is 0. The number of hydrogen-bond acceptors (Lipinski definition) is 2. The van der Waals surface area contributed by atoms with Crippen LogP contribution in [0, 0.1) is 6.92 Å². The van der Waals surface area contributed by atoms with Gasteiger partial charge in [-0.15, -0.1) is 0 Å². The summed E-state index contributed by atoms with van der Waals surface area (Å²) in [6.45, 7) is 1.79. The standard InChI is InChI=1S/C6H8N2O2/c1-4-2-5(6(9)10)8(7)3-4/h2-3H,7H2,1H3,(H,9,10). The lowest BCUT2D eigenvalue weighted by Crippen LogP contribution is -2.14. The van der Waals surface area contributed by atoms with Crippen LogP contribution in [0.15, 0.2) is 12.3 Å². The molecule has 1 aromatic rings. The third kappa shape index (κ3) is 0.953. The Balaban J connectivity index is 3.15. The first kappa shape index (κ1) is 6.67. The highest BCUT2D eigenvalue weighted by Gasteiger charge is 2.07. The highest BCUT2D eigenvalue weighted by Crippen LogP contribution is 2.02. The van der Waals surface area contributed by atoms with Gasteiger partial charge in [0.1, 0.15) is 5.69 Å². The average Bonchev–Trinajstić information content (AvgIpc) is 2.10. The van der Waals surface area contributed by atoms with Crippen LogP contribution in [0.2, 0.25) is 0 Å². The van der Waals surface area contributed by atoms with Crippen LogP contribution in [0.5, 0.6) is 0 Å². The van der Waals surface area contributed by atoms with Gasteiger partial charge in [-0.1, -0.05) is 0 Å². The molecule has 0 aliphatic heterocycles. The minimum absolute atomic E-state index is 0.109. The molecule has 4 heteroatoms. The molecule has 0 radical (unpaired) electrons. The molecule has 10 heavy (non-hydrogen) atoms. The Morgan fingerprint density at radius 2 is 2.40 bits per heavy atom. The van der Waals surface area contributed by atoms with Crippen molar-refractivity contribution in [2.45, 2.75) is 6.92 Å². The van der Waals surface area contributed by atoms with Gasteiger partial charge in [-0.05, 0) is 18.6 Å². The highest BCUT2D eigenvalue weighted by molar-refractivity contribution is 5.86. The van der Waals surface area contributed by atoms with Crippen molar-refractivity contribution in [1.29, 1.82) is 0 Å². The molecule has 1 aromatic heterocycles. The van der Waals surface area contributed by atoms with Gasteiger partial charge in [0, 0.05) is 6.20 Å². The number of carbonyl (C=O) groups is 1. The molecule has 3 N–H and O–H groups in total. The number of aromatic nitrogens is 1. The number of carboxylic acid groups (broad SMARTS) is 1. The minimum atomic E-state index is -1.00. The average molecular weight is 140 g/mol. The highest BCUT2D eigenvalue weighted by atomic mass is 16.4. The Morgan fingerprint density at radius 3 is 2.60 bits per heavy atom. The van der Waals surface area contributed by atoms with Crippen molar-refractivity contribution in [2.24, 2.45) is 0 Å². The molecule has 0 amide bonds. The van der Waals surface area contributed by atoms with E-state index in [1.165, 1.54) is 6.07 Å². The lowest BCUT2D eigenvalue weighted by atomic mass is 10.3. The second-order valence-corrected chi connectivity index (χ2v) is 2.12. The summed E-state index contributed by atoms with van der Waals surface area (Å²) < 4.78 is 1.09.